The van der Waals surface area contributed by atoms with Crippen molar-refractivity contribution < 1.29 is 27.9 Å². The molecule has 0 aromatic heterocycles. The van der Waals surface area contributed by atoms with Crippen molar-refractivity contribution in [3.05, 3.63) is 0 Å². The van der Waals surface area contributed by atoms with Gasteiger partial charge in [-0.05, 0) is 12.8 Å². The van der Waals surface area contributed by atoms with Crippen molar-refractivity contribution in [3.63, 3.8) is 0 Å². The van der Waals surface area contributed by atoms with Crippen molar-refractivity contribution in [1.82, 2.24) is 0 Å². The van der Waals surface area contributed by atoms with E-state index in [2.05, 4.69) is 0 Å². The molecule has 9 heavy (non-hydrogen) atoms. The van der Waals surface area contributed by atoms with Crippen LogP contribution in [0, 0.1) is 0 Å². The van der Waals surface area contributed by atoms with Crippen LogP contribution in [0.25, 0.3) is 0 Å². The van der Waals surface area contributed by atoms with Gasteiger partial charge >= 0.3 is 41.9 Å². The zero-order chi connectivity index (χ0) is 3.54. The number of halogens is 2. The molecule has 1 aliphatic heterocycles. The molecule has 0 amide bonds. The molecule has 0 unspecified atom stereocenters. The van der Waals surface area contributed by atoms with Gasteiger partial charge in [0.15, 0.2) is 0 Å². The molecule has 0 saturated carbocycles. The van der Waals surface area contributed by atoms with E-state index in [1.54, 1.807) is 0 Å². The summed E-state index contributed by atoms with van der Waals surface area (Å²) in [4.78, 5) is 0. The Morgan fingerprint density at radius 3 is 1.44 bits per heavy atom. The second-order valence-corrected chi connectivity index (χ2v) is 1.32. The monoisotopic (exact) mass is 178 g/mol. The average Bonchev–Trinajstić information content (AvgIpc) is 1.76. The van der Waals surface area contributed by atoms with E-state index in [1.165, 1.54) is 12.8 Å². The molecule has 0 aromatic rings. The van der Waals surface area contributed by atoms with Crippen molar-refractivity contribution in [2.24, 2.45) is 0 Å². The molecule has 0 aromatic carbocycles. The Bertz CT molecular complexity index is 39.9. The van der Waals surface area contributed by atoms with Crippen LogP contribution in [-0.2, 0) is 4.74 Å². The van der Waals surface area contributed by atoms with Crippen LogP contribution in [0.4, 0.5) is 0 Å². The Morgan fingerprint density at radius 1 is 1.00 bits per heavy atom. The quantitative estimate of drug-likeness (QED) is 0.416. The molecule has 0 spiro atoms. The van der Waals surface area contributed by atoms with Gasteiger partial charge in [0.05, 0.1) is 0 Å². The SMILES string of the molecule is C1CCOC1.Cl.Cl.[H-].[H-].[H-].[Li+].[Mg+2]. The van der Waals surface area contributed by atoms with E-state index in [4.69, 9.17) is 4.74 Å². The van der Waals surface area contributed by atoms with Crippen LogP contribution in [0.3, 0.4) is 0 Å². The minimum atomic E-state index is 0. The van der Waals surface area contributed by atoms with E-state index in [0.717, 1.165) is 13.2 Å². The van der Waals surface area contributed by atoms with Gasteiger partial charge in [0.1, 0.15) is 0 Å². The fraction of sp³-hybridized carbons (Fsp3) is 1.00. The van der Waals surface area contributed by atoms with E-state index >= 15 is 0 Å². The molecule has 1 nitrogen and oxygen atoms in total. The molecule has 0 aliphatic carbocycles. The summed E-state index contributed by atoms with van der Waals surface area (Å²) in [5, 5.41) is 0. The molecule has 1 rings (SSSR count). The topological polar surface area (TPSA) is 9.23 Å². The summed E-state index contributed by atoms with van der Waals surface area (Å²) in [5.41, 5.74) is 0. The molecular weight excluding hydrogens is 166 g/mol. The Hall–Kier alpha value is 1.90. The molecule has 1 heterocycles. The first-order valence-corrected chi connectivity index (χ1v) is 2.08. The Morgan fingerprint density at radius 2 is 1.33 bits per heavy atom. The molecular formula is C4H13Cl2LiMgO. The number of rotatable bonds is 0. The molecule has 1 fully saturated rings. The predicted molar refractivity (Wildman–Crippen MR) is 43.6 cm³/mol. The van der Waals surface area contributed by atoms with Crippen LogP contribution in [0.5, 0.6) is 0 Å². The first-order chi connectivity index (χ1) is 2.50. The van der Waals surface area contributed by atoms with E-state index in [1.807, 2.05) is 0 Å². The maximum absolute atomic E-state index is 4.94. The van der Waals surface area contributed by atoms with Gasteiger partial charge in [0.2, 0.25) is 0 Å². The van der Waals surface area contributed by atoms with E-state index in [9.17, 15) is 0 Å². The van der Waals surface area contributed by atoms with Crippen LogP contribution >= 0.6 is 24.8 Å². The predicted octanol–water partition coefficient (Wildman–Crippen LogP) is -1.40. The maximum Gasteiger partial charge on any atom is 2.00 e. The van der Waals surface area contributed by atoms with Crippen molar-refractivity contribution in [1.29, 1.82) is 0 Å². The van der Waals surface area contributed by atoms with Crippen molar-refractivity contribution >= 4 is 47.9 Å². The van der Waals surface area contributed by atoms with Crippen LogP contribution in [-0.4, -0.2) is 36.3 Å². The van der Waals surface area contributed by atoms with Gasteiger partial charge < -0.3 is 9.02 Å². The first kappa shape index (κ1) is 22.4. The zero-order valence-corrected chi connectivity index (χ0v) is 8.81. The zero-order valence-electron chi connectivity index (χ0n) is 8.76. The molecule has 0 N–H and O–H groups in total. The van der Waals surface area contributed by atoms with Crippen LogP contribution in [0.15, 0.2) is 0 Å². The minimum absolute atomic E-state index is 0. The van der Waals surface area contributed by atoms with Crippen molar-refractivity contribution in [3.8, 4) is 0 Å². The molecule has 1 saturated heterocycles. The van der Waals surface area contributed by atoms with Gasteiger partial charge in [-0.2, -0.15) is 0 Å². The molecule has 0 atom stereocenters. The molecule has 5 heteroatoms. The van der Waals surface area contributed by atoms with Gasteiger partial charge in [0, 0.05) is 13.2 Å². The summed E-state index contributed by atoms with van der Waals surface area (Å²) >= 11 is 0. The smallest absolute Gasteiger partial charge is 1.00 e. The van der Waals surface area contributed by atoms with Gasteiger partial charge in [-0.15, -0.1) is 24.8 Å². The summed E-state index contributed by atoms with van der Waals surface area (Å²) in [5.74, 6) is 0. The maximum atomic E-state index is 4.94. The van der Waals surface area contributed by atoms with Gasteiger partial charge in [-0.1, -0.05) is 0 Å². The van der Waals surface area contributed by atoms with E-state index < -0.39 is 0 Å². The number of hydrogen-bond donors (Lipinski definition) is 0. The summed E-state index contributed by atoms with van der Waals surface area (Å²) in [7, 11) is 0. The first-order valence-electron chi connectivity index (χ1n) is 2.08. The summed E-state index contributed by atoms with van der Waals surface area (Å²) in [6, 6.07) is 0. The van der Waals surface area contributed by atoms with Crippen molar-refractivity contribution in [2.45, 2.75) is 12.8 Å². The molecule has 52 valence electrons. The summed E-state index contributed by atoms with van der Waals surface area (Å²) < 4.78 is 4.94. The second-order valence-electron chi connectivity index (χ2n) is 1.32. The Labute approximate surface area is 101 Å². The Balaban J connectivity index is -0.00000000714. The van der Waals surface area contributed by atoms with Crippen LogP contribution < -0.4 is 18.9 Å². The van der Waals surface area contributed by atoms with E-state index in [0.29, 0.717) is 0 Å². The standard InChI is InChI=1S/C4H8O.2ClH.Li.Mg.3H/c1-2-4-5-3-1;;;;;;;/h1-4H2;2*1H;;;;;/q;;;+1;+2;3*-1. The average molecular weight is 179 g/mol. The second kappa shape index (κ2) is 16.5. The normalized spacial score (nSPS) is 13.3. The third-order valence-electron chi connectivity index (χ3n) is 0.827. The van der Waals surface area contributed by atoms with E-state index in [-0.39, 0.29) is 71.0 Å². The number of hydrogen-bond acceptors (Lipinski definition) is 1. The minimum Gasteiger partial charge on any atom is -1.00 e. The van der Waals surface area contributed by atoms with Gasteiger partial charge in [0.25, 0.3) is 0 Å². The molecule has 1 aliphatic rings. The van der Waals surface area contributed by atoms with Crippen LogP contribution in [0.2, 0.25) is 0 Å². The Kier molecular flexibility index (Phi) is 41.1. The molecule has 0 bridgehead atoms. The largest absolute Gasteiger partial charge is 2.00 e. The summed E-state index contributed by atoms with van der Waals surface area (Å²) in [6.07, 6.45) is 2.56. The van der Waals surface area contributed by atoms with Gasteiger partial charge in [-0.3, -0.25) is 0 Å². The fourth-order valence-corrected chi connectivity index (χ4v) is 0.510. The fourth-order valence-electron chi connectivity index (χ4n) is 0.510. The van der Waals surface area contributed by atoms with Gasteiger partial charge in [-0.25, -0.2) is 0 Å². The number of ether oxygens (including phenoxy) is 1. The third-order valence-corrected chi connectivity index (χ3v) is 0.827. The summed E-state index contributed by atoms with van der Waals surface area (Å²) in [6.45, 7) is 2.00. The van der Waals surface area contributed by atoms with Crippen LogP contribution in [0.1, 0.15) is 17.1 Å². The van der Waals surface area contributed by atoms with Crippen molar-refractivity contribution in [2.75, 3.05) is 13.2 Å². The third kappa shape index (κ3) is 13.0. The molecule has 0 radical (unpaired) electrons.